The molecule has 2 fully saturated rings. The molecule has 31 heavy (non-hydrogen) atoms. The summed E-state index contributed by atoms with van der Waals surface area (Å²) in [6, 6.07) is 11.3. The van der Waals surface area contributed by atoms with E-state index >= 15 is 0 Å². The van der Waals surface area contributed by atoms with Crippen LogP contribution in [0.3, 0.4) is 0 Å². The normalized spacial score (nSPS) is 22.9. The number of aryl methyl sites for hydroxylation is 1. The van der Waals surface area contributed by atoms with Crippen LogP contribution in [0.2, 0.25) is 0 Å². The summed E-state index contributed by atoms with van der Waals surface area (Å²) in [4.78, 5) is 7.59. The molecule has 1 atom stereocenters. The van der Waals surface area contributed by atoms with Crippen molar-refractivity contribution in [2.45, 2.75) is 44.8 Å². The summed E-state index contributed by atoms with van der Waals surface area (Å²) in [5.74, 6) is 3.68. The molecule has 0 saturated carbocycles. The molecule has 3 aliphatic heterocycles. The molecule has 7 heteroatoms. The molecule has 0 spiro atoms. The number of anilines is 1. The molecule has 2 aromatic rings. The van der Waals surface area contributed by atoms with Gasteiger partial charge in [-0.25, -0.2) is 0 Å². The molecule has 3 aliphatic rings. The Labute approximate surface area is 184 Å². The number of fused-ring (bicyclic) bond motifs is 1. The van der Waals surface area contributed by atoms with E-state index in [-0.39, 0.29) is 6.61 Å². The van der Waals surface area contributed by atoms with Gasteiger partial charge in [0.2, 0.25) is 6.79 Å². The first-order valence-electron chi connectivity index (χ1n) is 11.5. The lowest BCUT2D eigenvalue weighted by Crippen LogP contribution is -2.57. The van der Waals surface area contributed by atoms with Gasteiger partial charge in [0.25, 0.3) is 0 Å². The maximum Gasteiger partial charge on any atom is 0.231 e. The molecular weight excluding hydrogens is 394 g/mol. The monoisotopic (exact) mass is 427 g/mol. The molecule has 4 heterocycles. The van der Waals surface area contributed by atoms with Crippen LogP contribution >= 0.6 is 0 Å². The molecule has 0 aliphatic carbocycles. The van der Waals surface area contributed by atoms with Crippen LogP contribution < -0.4 is 14.4 Å². The highest BCUT2D eigenvalue weighted by atomic mass is 16.7. The second kappa shape index (κ2) is 9.10. The number of nitrogens with zero attached hydrogens (tertiary/aromatic N) is 3. The van der Waals surface area contributed by atoms with E-state index in [0.29, 0.717) is 18.9 Å². The molecule has 0 amide bonds. The topological polar surface area (TPSA) is 61.6 Å². The highest BCUT2D eigenvalue weighted by Gasteiger charge is 2.33. The molecule has 0 radical (unpaired) electrons. The van der Waals surface area contributed by atoms with Gasteiger partial charge in [-0.3, -0.25) is 9.80 Å². The Kier molecular flexibility index (Phi) is 6.07. The van der Waals surface area contributed by atoms with E-state index in [9.17, 15) is 5.11 Å². The van der Waals surface area contributed by atoms with Crippen molar-refractivity contribution in [3.05, 3.63) is 41.9 Å². The largest absolute Gasteiger partial charge is 0.465 e. The van der Waals surface area contributed by atoms with Gasteiger partial charge in [-0.15, -0.1) is 0 Å². The van der Waals surface area contributed by atoms with E-state index in [2.05, 4.69) is 32.9 Å². The summed E-state index contributed by atoms with van der Waals surface area (Å²) in [5, 5.41) is 9.64. The molecule has 2 saturated heterocycles. The third-order valence-electron chi connectivity index (χ3n) is 6.96. The van der Waals surface area contributed by atoms with Gasteiger partial charge in [-0.05, 0) is 50.5 Å². The SMILES string of the molecule is Cc1ccc(CN2CCN(C3CCN(c4ccc5c(c4)OCO5)CC3)CC2CCO)o1. The van der Waals surface area contributed by atoms with Crippen LogP contribution in [-0.4, -0.2) is 73.1 Å². The Bertz CT molecular complexity index is 877. The van der Waals surface area contributed by atoms with Crippen molar-refractivity contribution in [3.8, 4) is 11.5 Å². The average Bonchev–Trinajstić information content (AvgIpc) is 3.43. The van der Waals surface area contributed by atoms with E-state index in [1.807, 2.05) is 19.1 Å². The van der Waals surface area contributed by atoms with E-state index in [4.69, 9.17) is 13.9 Å². The highest BCUT2D eigenvalue weighted by molar-refractivity contribution is 5.57. The first-order chi connectivity index (χ1) is 15.2. The Balaban J connectivity index is 1.17. The van der Waals surface area contributed by atoms with Gasteiger partial charge in [0.05, 0.1) is 6.54 Å². The maximum absolute atomic E-state index is 9.64. The number of hydrogen-bond donors (Lipinski definition) is 1. The smallest absolute Gasteiger partial charge is 0.231 e. The third kappa shape index (κ3) is 4.54. The van der Waals surface area contributed by atoms with E-state index in [1.54, 1.807) is 0 Å². The van der Waals surface area contributed by atoms with E-state index in [0.717, 1.165) is 81.6 Å². The number of piperazine rings is 1. The van der Waals surface area contributed by atoms with Crippen molar-refractivity contribution in [1.82, 2.24) is 9.80 Å². The zero-order valence-electron chi connectivity index (χ0n) is 18.3. The van der Waals surface area contributed by atoms with Gasteiger partial charge in [0.15, 0.2) is 11.5 Å². The van der Waals surface area contributed by atoms with Crippen LogP contribution in [0.5, 0.6) is 11.5 Å². The predicted molar refractivity (Wildman–Crippen MR) is 119 cm³/mol. The van der Waals surface area contributed by atoms with Crippen LogP contribution in [0.4, 0.5) is 5.69 Å². The van der Waals surface area contributed by atoms with E-state index < -0.39 is 0 Å². The van der Waals surface area contributed by atoms with Crippen molar-refractivity contribution in [2.75, 3.05) is 51.0 Å². The second-order valence-corrected chi connectivity index (χ2v) is 8.90. The van der Waals surface area contributed by atoms with Crippen LogP contribution in [-0.2, 0) is 6.54 Å². The molecule has 1 aromatic heterocycles. The quantitative estimate of drug-likeness (QED) is 0.761. The zero-order chi connectivity index (χ0) is 21.2. The van der Waals surface area contributed by atoms with Crippen molar-refractivity contribution in [2.24, 2.45) is 0 Å². The molecule has 1 unspecified atom stereocenters. The number of benzene rings is 1. The molecular formula is C24H33N3O4. The van der Waals surface area contributed by atoms with Crippen molar-refractivity contribution < 1.29 is 19.0 Å². The number of rotatable bonds is 6. The van der Waals surface area contributed by atoms with Gasteiger partial charge < -0.3 is 23.9 Å². The van der Waals surface area contributed by atoms with Crippen LogP contribution in [0, 0.1) is 6.92 Å². The lowest BCUT2D eigenvalue weighted by molar-refractivity contribution is 0.0220. The lowest BCUT2D eigenvalue weighted by atomic mass is 9.99. The molecule has 7 nitrogen and oxygen atoms in total. The van der Waals surface area contributed by atoms with Crippen molar-refractivity contribution in [3.63, 3.8) is 0 Å². The zero-order valence-corrected chi connectivity index (χ0v) is 18.3. The minimum atomic E-state index is 0.231. The standard InChI is InChI=1S/C24H33N3O4/c1-18-2-4-22(31-18)16-27-12-11-26(15-21(27)8-13-28)19-6-9-25(10-7-19)20-3-5-23-24(14-20)30-17-29-23/h2-5,14,19,21,28H,6-13,15-17H2,1H3. The summed E-state index contributed by atoms with van der Waals surface area (Å²) in [7, 11) is 0. The van der Waals surface area contributed by atoms with Gasteiger partial charge in [0.1, 0.15) is 11.5 Å². The van der Waals surface area contributed by atoms with Gasteiger partial charge >= 0.3 is 0 Å². The molecule has 168 valence electrons. The summed E-state index contributed by atoms with van der Waals surface area (Å²) < 4.78 is 16.8. The minimum absolute atomic E-state index is 0.231. The lowest BCUT2D eigenvalue weighted by Gasteiger charge is -2.46. The Morgan fingerprint density at radius 3 is 2.61 bits per heavy atom. The Morgan fingerprint density at radius 2 is 1.84 bits per heavy atom. The fourth-order valence-corrected chi connectivity index (χ4v) is 5.22. The summed E-state index contributed by atoms with van der Waals surface area (Å²) >= 11 is 0. The van der Waals surface area contributed by atoms with Gasteiger partial charge in [-0.2, -0.15) is 0 Å². The number of hydrogen-bond acceptors (Lipinski definition) is 7. The fourth-order valence-electron chi connectivity index (χ4n) is 5.22. The number of aliphatic hydroxyl groups is 1. The first kappa shape index (κ1) is 20.7. The first-order valence-corrected chi connectivity index (χ1v) is 11.5. The van der Waals surface area contributed by atoms with E-state index in [1.165, 1.54) is 5.69 Å². The third-order valence-corrected chi connectivity index (χ3v) is 6.96. The average molecular weight is 428 g/mol. The summed E-state index contributed by atoms with van der Waals surface area (Å²) in [6.07, 6.45) is 3.14. The number of ether oxygens (including phenoxy) is 2. The van der Waals surface area contributed by atoms with Crippen molar-refractivity contribution in [1.29, 1.82) is 0 Å². The molecule has 1 N–H and O–H groups in total. The number of aliphatic hydroxyl groups excluding tert-OH is 1. The van der Waals surface area contributed by atoms with Crippen LogP contribution in [0.25, 0.3) is 0 Å². The number of furan rings is 1. The van der Waals surface area contributed by atoms with Gasteiger partial charge in [-0.1, -0.05) is 0 Å². The summed E-state index contributed by atoms with van der Waals surface area (Å²) in [6.45, 7) is 8.60. The van der Waals surface area contributed by atoms with Crippen LogP contribution in [0.1, 0.15) is 30.8 Å². The molecule has 1 aromatic carbocycles. The number of piperidine rings is 1. The van der Waals surface area contributed by atoms with Crippen LogP contribution in [0.15, 0.2) is 34.7 Å². The molecule has 5 rings (SSSR count). The fraction of sp³-hybridized carbons (Fsp3) is 0.583. The minimum Gasteiger partial charge on any atom is -0.465 e. The Morgan fingerprint density at radius 1 is 1.00 bits per heavy atom. The second-order valence-electron chi connectivity index (χ2n) is 8.90. The van der Waals surface area contributed by atoms with Gasteiger partial charge in [0, 0.05) is 63.2 Å². The highest BCUT2D eigenvalue weighted by Crippen LogP contribution is 2.36. The maximum atomic E-state index is 9.64. The summed E-state index contributed by atoms with van der Waals surface area (Å²) in [5.41, 5.74) is 1.22. The predicted octanol–water partition coefficient (Wildman–Crippen LogP) is 2.85. The van der Waals surface area contributed by atoms with Crippen molar-refractivity contribution >= 4 is 5.69 Å². The Hall–Kier alpha value is -2.22. The molecule has 0 bridgehead atoms.